The van der Waals surface area contributed by atoms with E-state index in [-0.39, 0.29) is 48.4 Å². The lowest BCUT2D eigenvalue weighted by atomic mass is 10.0. The Balaban J connectivity index is 1.59. The van der Waals surface area contributed by atoms with Crippen molar-refractivity contribution in [2.45, 2.75) is 38.1 Å². The summed E-state index contributed by atoms with van der Waals surface area (Å²) in [6.07, 6.45) is 2.42. The fourth-order valence-corrected chi connectivity index (χ4v) is 4.08. The molecule has 0 bridgehead atoms. The normalized spacial score (nSPS) is 23.2. The Morgan fingerprint density at radius 3 is 3.00 bits per heavy atom. The van der Waals surface area contributed by atoms with Crippen molar-refractivity contribution in [3.8, 4) is 11.3 Å². The third-order valence-corrected chi connectivity index (χ3v) is 5.65. The van der Waals surface area contributed by atoms with Gasteiger partial charge in [-0.25, -0.2) is 9.37 Å². The summed E-state index contributed by atoms with van der Waals surface area (Å²) in [5.41, 5.74) is 8.60. The zero-order chi connectivity index (χ0) is 20.1. The number of hydrogen-bond donors (Lipinski definition) is 4. The maximum Gasteiger partial charge on any atom is 0.254 e. The molecule has 1 fully saturated rings. The topological polar surface area (TPSA) is 123 Å². The third kappa shape index (κ3) is 3.04. The Morgan fingerprint density at radius 2 is 2.17 bits per heavy atom. The fourth-order valence-electron chi connectivity index (χ4n) is 4.08. The highest BCUT2D eigenvalue weighted by Gasteiger charge is 2.32. The van der Waals surface area contributed by atoms with Crippen molar-refractivity contribution in [2.24, 2.45) is 5.73 Å². The summed E-state index contributed by atoms with van der Waals surface area (Å²) >= 11 is 0. The third-order valence-electron chi connectivity index (χ3n) is 5.65. The molecular formula is C19H21FN6O3. The Morgan fingerprint density at radius 1 is 1.31 bits per heavy atom. The molecule has 3 aliphatic heterocycles. The number of nitrogens with one attached hydrogen (secondary N) is 3. The summed E-state index contributed by atoms with van der Waals surface area (Å²) in [5.74, 6) is -0.891. The van der Waals surface area contributed by atoms with Crippen LogP contribution in [0.2, 0.25) is 0 Å². The molecule has 2 aromatic rings. The standard InChI is InChI=1S/C19H21FN6O3/c20-16-11-5-23-19(28)15(11)17(9-3-10-4-22-14(27)7-26(10)6-9)25-18(16)24-13-1-2-29-8-12(13)21/h3,6,12-13H,1-2,4-5,7-8,21H2,(H,22,27)(H,23,28)(H,24,25). The van der Waals surface area contributed by atoms with Crippen molar-refractivity contribution in [1.29, 1.82) is 0 Å². The maximum absolute atomic E-state index is 15.2. The van der Waals surface area contributed by atoms with Gasteiger partial charge in [-0.15, -0.1) is 0 Å². The van der Waals surface area contributed by atoms with Crippen LogP contribution in [-0.2, 0) is 29.2 Å². The first kappa shape index (κ1) is 18.1. The molecule has 3 aliphatic rings. The molecule has 2 amide bonds. The average molecular weight is 400 g/mol. The molecule has 152 valence electrons. The summed E-state index contributed by atoms with van der Waals surface area (Å²) in [6, 6.07) is 1.42. The number of nitrogens with two attached hydrogens (primary N) is 1. The molecule has 2 aromatic heterocycles. The van der Waals surface area contributed by atoms with E-state index in [1.807, 2.05) is 10.6 Å². The van der Waals surface area contributed by atoms with E-state index in [0.717, 1.165) is 5.69 Å². The number of nitrogens with zero attached hydrogens (tertiary/aromatic N) is 2. The number of halogens is 1. The quantitative estimate of drug-likeness (QED) is 0.579. The van der Waals surface area contributed by atoms with E-state index in [1.165, 1.54) is 0 Å². The zero-order valence-electron chi connectivity index (χ0n) is 15.6. The van der Waals surface area contributed by atoms with E-state index in [1.54, 1.807) is 6.20 Å². The molecule has 10 heteroatoms. The van der Waals surface area contributed by atoms with Crippen LogP contribution in [0.4, 0.5) is 10.2 Å². The first-order valence-electron chi connectivity index (χ1n) is 9.58. The van der Waals surface area contributed by atoms with Gasteiger partial charge < -0.3 is 31.0 Å². The number of rotatable bonds is 3. The minimum atomic E-state index is -0.540. The van der Waals surface area contributed by atoms with Crippen LogP contribution in [0.15, 0.2) is 12.3 Å². The second-order valence-electron chi connectivity index (χ2n) is 7.56. The van der Waals surface area contributed by atoms with Crippen LogP contribution >= 0.6 is 0 Å². The van der Waals surface area contributed by atoms with Gasteiger partial charge in [0.2, 0.25) is 5.91 Å². The van der Waals surface area contributed by atoms with Crippen LogP contribution in [0, 0.1) is 5.82 Å². The van der Waals surface area contributed by atoms with Gasteiger partial charge in [-0.05, 0) is 12.5 Å². The number of carbonyl (C=O) groups excluding carboxylic acids is 2. The highest BCUT2D eigenvalue weighted by Crippen LogP contribution is 2.34. The molecule has 29 heavy (non-hydrogen) atoms. The van der Waals surface area contributed by atoms with Gasteiger partial charge in [0, 0.05) is 48.3 Å². The number of anilines is 1. The summed E-state index contributed by atoms with van der Waals surface area (Å²) in [5, 5.41) is 8.58. The lowest BCUT2D eigenvalue weighted by Crippen LogP contribution is -2.48. The molecule has 9 nitrogen and oxygen atoms in total. The van der Waals surface area contributed by atoms with E-state index in [4.69, 9.17) is 10.5 Å². The molecule has 0 aromatic carbocycles. The number of pyridine rings is 1. The predicted octanol–water partition coefficient (Wildman–Crippen LogP) is 0.0905. The SMILES string of the molecule is NC1COCCC1Nc1nc(-c2cc3n(c2)CC(=O)NC3)c2c(c1F)CNC2=O. The molecule has 5 N–H and O–H groups in total. The second-order valence-corrected chi connectivity index (χ2v) is 7.56. The van der Waals surface area contributed by atoms with Crippen LogP contribution in [0.1, 0.15) is 28.0 Å². The van der Waals surface area contributed by atoms with Gasteiger partial charge in [-0.2, -0.15) is 0 Å². The Kier molecular flexibility index (Phi) is 4.25. The molecular weight excluding hydrogens is 379 g/mol. The highest BCUT2D eigenvalue weighted by molar-refractivity contribution is 6.04. The Labute approximate surface area is 165 Å². The van der Waals surface area contributed by atoms with Gasteiger partial charge in [-0.1, -0.05) is 0 Å². The van der Waals surface area contributed by atoms with Crippen LogP contribution in [0.5, 0.6) is 0 Å². The molecule has 2 atom stereocenters. The molecule has 0 spiro atoms. The molecule has 1 saturated heterocycles. The van der Waals surface area contributed by atoms with Crippen LogP contribution in [0.25, 0.3) is 11.3 Å². The zero-order valence-corrected chi connectivity index (χ0v) is 15.6. The van der Waals surface area contributed by atoms with Crippen molar-refractivity contribution in [1.82, 2.24) is 20.2 Å². The fraction of sp³-hybridized carbons (Fsp3) is 0.421. The van der Waals surface area contributed by atoms with Gasteiger partial charge in [0.1, 0.15) is 6.54 Å². The van der Waals surface area contributed by atoms with Crippen molar-refractivity contribution >= 4 is 17.6 Å². The number of fused-ring (bicyclic) bond motifs is 2. The lowest BCUT2D eigenvalue weighted by Gasteiger charge is -2.30. The number of hydrogen-bond acceptors (Lipinski definition) is 6. The van der Waals surface area contributed by atoms with E-state index in [2.05, 4.69) is 20.9 Å². The van der Waals surface area contributed by atoms with Crippen molar-refractivity contribution in [3.63, 3.8) is 0 Å². The summed E-state index contributed by atoms with van der Waals surface area (Å²) in [4.78, 5) is 28.6. The lowest BCUT2D eigenvalue weighted by molar-refractivity contribution is -0.122. The van der Waals surface area contributed by atoms with Crippen molar-refractivity contribution in [2.75, 3.05) is 18.5 Å². The van der Waals surface area contributed by atoms with Gasteiger partial charge in [-0.3, -0.25) is 9.59 Å². The number of ether oxygens (including phenoxy) is 1. The minimum absolute atomic E-state index is 0.0782. The van der Waals surface area contributed by atoms with E-state index in [0.29, 0.717) is 43.0 Å². The maximum atomic E-state index is 15.2. The van der Waals surface area contributed by atoms with Crippen LogP contribution in [-0.4, -0.2) is 46.7 Å². The van der Waals surface area contributed by atoms with Crippen molar-refractivity contribution in [3.05, 3.63) is 34.9 Å². The minimum Gasteiger partial charge on any atom is -0.380 e. The van der Waals surface area contributed by atoms with E-state index < -0.39 is 5.82 Å². The highest BCUT2D eigenvalue weighted by atomic mass is 19.1. The van der Waals surface area contributed by atoms with E-state index in [9.17, 15) is 9.59 Å². The van der Waals surface area contributed by atoms with Gasteiger partial charge >= 0.3 is 0 Å². The molecule has 5 heterocycles. The molecule has 5 rings (SSSR count). The number of aromatic nitrogens is 2. The molecule has 0 radical (unpaired) electrons. The monoisotopic (exact) mass is 400 g/mol. The summed E-state index contributed by atoms with van der Waals surface area (Å²) < 4.78 is 22.3. The van der Waals surface area contributed by atoms with Crippen molar-refractivity contribution < 1.29 is 18.7 Å². The first-order chi connectivity index (χ1) is 14.0. The van der Waals surface area contributed by atoms with Gasteiger partial charge in [0.25, 0.3) is 5.91 Å². The van der Waals surface area contributed by atoms with Gasteiger partial charge in [0.15, 0.2) is 11.6 Å². The summed E-state index contributed by atoms with van der Waals surface area (Å²) in [7, 11) is 0. The Bertz CT molecular complexity index is 1020. The molecule has 0 aliphatic carbocycles. The molecule has 2 unspecified atom stereocenters. The molecule has 0 saturated carbocycles. The van der Waals surface area contributed by atoms with Crippen LogP contribution in [0.3, 0.4) is 0 Å². The Hall–Kier alpha value is -2.98. The first-order valence-corrected chi connectivity index (χ1v) is 9.58. The average Bonchev–Trinajstić information content (AvgIpc) is 3.29. The number of amides is 2. The second kappa shape index (κ2) is 6.82. The summed E-state index contributed by atoms with van der Waals surface area (Å²) in [6.45, 7) is 1.64. The van der Waals surface area contributed by atoms with E-state index >= 15 is 4.39 Å². The number of carbonyl (C=O) groups is 2. The van der Waals surface area contributed by atoms with Crippen LogP contribution < -0.4 is 21.7 Å². The predicted molar refractivity (Wildman–Crippen MR) is 101 cm³/mol. The largest absolute Gasteiger partial charge is 0.380 e. The van der Waals surface area contributed by atoms with Gasteiger partial charge in [0.05, 0.1) is 24.4 Å². The smallest absolute Gasteiger partial charge is 0.254 e.